The minimum Gasteiger partial charge on any atom is -0.309 e. The van der Waals surface area contributed by atoms with Gasteiger partial charge in [-0.1, -0.05) is 0 Å². The SMILES string of the molecule is CN(C)CCC(=O)c1cc(F)ccc1F. The molecule has 0 aliphatic carbocycles. The summed E-state index contributed by atoms with van der Waals surface area (Å²) in [4.78, 5) is 13.3. The number of nitrogens with zero attached hydrogens (tertiary/aromatic N) is 1. The van der Waals surface area contributed by atoms with Gasteiger partial charge in [-0.25, -0.2) is 8.78 Å². The molecule has 0 aromatic heterocycles. The minimum absolute atomic E-state index is 0.170. The highest BCUT2D eigenvalue weighted by Crippen LogP contribution is 2.11. The maximum Gasteiger partial charge on any atom is 0.167 e. The minimum atomic E-state index is -0.667. The first-order valence-corrected chi connectivity index (χ1v) is 4.63. The number of hydrogen-bond acceptors (Lipinski definition) is 2. The van der Waals surface area contributed by atoms with Gasteiger partial charge in [0.05, 0.1) is 5.56 Å². The molecule has 0 unspecified atom stereocenters. The Morgan fingerprint density at radius 3 is 2.60 bits per heavy atom. The number of benzene rings is 1. The molecule has 0 atom stereocenters. The second kappa shape index (κ2) is 4.98. The number of halogens is 2. The van der Waals surface area contributed by atoms with Crippen LogP contribution in [0.5, 0.6) is 0 Å². The molecule has 1 aromatic carbocycles. The molecule has 0 heterocycles. The molecule has 0 aliphatic rings. The van der Waals surface area contributed by atoms with Crippen molar-refractivity contribution < 1.29 is 13.6 Å². The fourth-order valence-corrected chi connectivity index (χ4v) is 1.17. The van der Waals surface area contributed by atoms with Crippen molar-refractivity contribution in [3.8, 4) is 0 Å². The first-order chi connectivity index (χ1) is 7.00. The van der Waals surface area contributed by atoms with Crippen LogP contribution >= 0.6 is 0 Å². The van der Waals surface area contributed by atoms with Gasteiger partial charge in [-0.15, -0.1) is 0 Å². The van der Waals surface area contributed by atoms with Crippen molar-refractivity contribution in [2.45, 2.75) is 6.42 Å². The Hall–Kier alpha value is -1.29. The molecule has 0 fully saturated rings. The third-order valence-electron chi connectivity index (χ3n) is 2.01. The van der Waals surface area contributed by atoms with E-state index in [2.05, 4.69) is 0 Å². The second-order valence-electron chi connectivity index (χ2n) is 3.60. The van der Waals surface area contributed by atoms with Crippen molar-refractivity contribution in [3.05, 3.63) is 35.4 Å². The van der Waals surface area contributed by atoms with Crippen LogP contribution in [0.3, 0.4) is 0 Å². The average Bonchev–Trinajstić information content (AvgIpc) is 2.18. The Balaban J connectivity index is 2.77. The summed E-state index contributed by atoms with van der Waals surface area (Å²) in [5.74, 6) is -1.63. The molecule has 0 amide bonds. The molecule has 0 aliphatic heterocycles. The predicted molar refractivity (Wildman–Crippen MR) is 53.9 cm³/mol. The highest BCUT2D eigenvalue weighted by Gasteiger charge is 2.12. The molecule has 0 bridgehead atoms. The van der Waals surface area contributed by atoms with Gasteiger partial charge in [-0.3, -0.25) is 4.79 Å². The summed E-state index contributed by atoms with van der Waals surface area (Å²) in [6.07, 6.45) is 0.188. The molecule has 15 heavy (non-hydrogen) atoms. The van der Waals surface area contributed by atoms with E-state index in [0.29, 0.717) is 6.54 Å². The van der Waals surface area contributed by atoms with Crippen molar-refractivity contribution in [2.75, 3.05) is 20.6 Å². The number of rotatable bonds is 4. The van der Waals surface area contributed by atoms with E-state index in [1.54, 1.807) is 0 Å². The molecule has 1 aromatic rings. The molecule has 2 nitrogen and oxygen atoms in total. The molecule has 0 radical (unpaired) electrons. The van der Waals surface area contributed by atoms with E-state index in [4.69, 9.17) is 0 Å². The number of carbonyl (C=O) groups excluding carboxylic acids is 1. The van der Waals surface area contributed by atoms with Crippen LogP contribution in [0.2, 0.25) is 0 Å². The Kier molecular flexibility index (Phi) is 3.91. The smallest absolute Gasteiger partial charge is 0.167 e. The standard InChI is InChI=1S/C11H13F2NO/c1-14(2)6-5-11(15)9-7-8(12)3-4-10(9)13/h3-4,7H,5-6H2,1-2H3. The van der Waals surface area contributed by atoms with Crippen LogP contribution in [0.1, 0.15) is 16.8 Å². The zero-order chi connectivity index (χ0) is 11.4. The summed E-state index contributed by atoms with van der Waals surface area (Å²) >= 11 is 0. The average molecular weight is 213 g/mol. The molecular formula is C11H13F2NO. The van der Waals surface area contributed by atoms with Crippen molar-refractivity contribution >= 4 is 5.78 Å². The van der Waals surface area contributed by atoms with Crippen molar-refractivity contribution in [2.24, 2.45) is 0 Å². The van der Waals surface area contributed by atoms with Gasteiger partial charge in [0.2, 0.25) is 0 Å². The van der Waals surface area contributed by atoms with Crippen molar-refractivity contribution in [1.29, 1.82) is 0 Å². The molecule has 0 N–H and O–H groups in total. The van der Waals surface area contributed by atoms with E-state index >= 15 is 0 Å². The molecule has 4 heteroatoms. The Morgan fingerprint density at radius 1 is 1.33 bits per heavy atom. The van der Waals surface area contributed by atoms with E-state index in [9.17, 15) is 13.6 Å². The van der Waals surface area contributed by atoms with Gasteiger partial charge in [0.15, 0.2) is 5.78 Å². The zero-order valence-electron chi connectivity index (χ0n) is 8.76. The van der Waals surface area contributed by atoms with Crippen LogP contribution < -0.4 is 0 Å². The summed E-state index contributed by atoms with van der Waals surface area (Å²) in [7, 11) is 3.63. The summed E-state index contributed by atoms with van der Waals surface area (Å²) < 4.78 is 25.9. The number of hydrogen-bond donors (Lipinski definition) is 0. The van der Waals surface area contributed by atoms with Crippen LogP contribution in [-0.4, -0.2) is 31.3 Å². The van der Waals surface area contributed by atoms with Crippen LogP contribution in [0.4, 0.5) is 8.78 Å². The summed E-state index contributed by atoms with van der Waals surface area (Å²) in [6, 6.07) is 2.91. The van der Waals surface area contributed by atoms with Gasteiger partial charge in [0.25, 0.3) is 0 Å². The van der Waals surface area contributed by atoms with Crippen LogP contribution in [0.15, 0.2) is 18.2 Å². The van der Waals surface area contributed by atoms with Gasteiger partial charge in [-0.05, 0) is 32.3 Å². The third kappa shape index (κ3) is 3.40. The highest BCUT2D eigenvalue weighted by atomic mass is 19.1. The topological polar surface area (TPSA) is 20.3 Å². The third-order valence-corrected chi connectivity index (χ3v) is 2.01. The molecule has 1 rings (SSSR count). The van der Waals surface area contributed by atoms with Crippen LogP contribution in [0, 0.1) is 11.6 Å². The lowest BCUT2D eigenvalue weighted by atomic mass is 10.1. The lowest BCUT2D eigenvalue weighted by molar-refractivity contribution is 0.0968. The molecule has 82 valence electrons. The summed E-state index contributed by atoms with van der Waals surface area (Å²) in [5.41, 5.74) is -0.170. The normalized spacial score (nSPS) is 10.7. The van der Waals surface area contributed by atoms with Gasteiger partial charge in [0, 0.05) is 13.0 Å². The molecular weight excluding hydrogens is 200 g/mol. The quantitative estimate of drug-likeness (QED) is 0.714. The van der Waals surface area contributed by atoms with Crippen molar-refractivity contribution in [3.63, 3.8) is 0 Å². The maximum atomic E-state index is 13.1. The first kappa shape index (κ1) is 11.8. The fourth-order valence-electron chi connectivity index (χ4n) is 1.17. The first-order valence-electron chi connectivity index (χ1n) is 4.63. The lowest BCUT2D eigenvalue weighted by Gasteiger charge is -2.08. The summed E-state index contributed by atoms with van der Waals surface area (Å²) in [6.45, 7) is 0.523. The Labute approximate surface area is 87.5 Å². The van der Waals surface area contributed by atoms with E-state index in [1.807, 2.05) is 19.0 Å². The van der Waals surface area contributed by atoms with Gasteiger partial charge in [0.1, 0.15) is 11.6 Å². The lowest BCUT2D eigenvalue weighted by Crippen LogP contribution is -2.17. The zero-order valence-corrected chi connectivity index (χ0v) is 8.76. The van der Waals surface area contributed by atoms with Gasteiger partial charge < -0.3 is 4.90 Å². The Morgan fingerprint density at radius 2 is 2.00 bits per heavy atom. The predicted octanol–water partition coefficient (Wildman–Crippen LogP) is 2.10. The fraction of sp³-hybridized carbons (Fsp3) is 0.364. The molecule has 0 saturated carbocycles. The Bertz CT molecular complexity index is 364. The van der Waals surface area contributed by atoms with E-state index in [-0.39, 0.29) is 17.8 Å². The van der Waals surface area contributed by atoms with E-state index in [1.165, 1.54) is 0 Å². The number of carbonyl (C=O) groups is 1. The van der Waals surface area contributed by atoms with E-state index < -0.39 is 11.6 Å². The highest BCUT2D eigenvalue weighted by molar-refractivity contribution is 5.96. The van der Waals surface area contributed by atoms with Gasteiger partial charge >= 0.3 is 0 Å². The van der Waals surface area contributed by atoms with Crippen molar-refractivity contribution in [1.82, 2.24) is 4.90 Å². The largest absolute Gasteiger partial charge is 0.309 e. The molecule has 0 saturated heterocycles. The monoisotopic (exact) mass is 213 g/mol. The number of ketones is 1. The van der Waals surface area contributed by atoms with Crippen LogP contribution in [-0.2, 0) is 0 Å². The van der Waals surface area contributed by atoms with Gasteiger partial charge in [-0.2, -0.15) is 0 Å². The summed E-state index contributed by atoms with van der Waals surface area (Å²) in [5, 5.41) is 0. The number of Topliss-reactive ketones (excluding diaryl/α,β-unsaturated/α-hetero) is 1. The second-order valence-corrected chi connectivity index (χ2v) is 3.60. The maximum absolute atomic E-state index is 13.1. The van der Waals surface area contributed by atoms with Crippen LogP contribution in [0.25, 0.3) is 0 Å². The molecule has 0 spiro atoms. The van der Waals surface area contributed by atoms with E-state index in [0.717, 1.165) is 18.2 Å².